The molecule has 80 valence electrons. The van der Waals surface area contributed by atoms with E-state index in [1.807, 2.05) is 10.9 Å². The number of rotatable bonds is 2. The van der Waals surface area contributed by atoms with Crippen molar-refractivity contribution < 1.29 is 4.74 Å². The Kier molecular flexibility index (Phi) is 3.38. The molecule has 4 nitrogen and oxygen atoms in total. The Bertz CT molecular complexity index is 369. The van der Waals surface area contributed by atoms with Crippen molar-refractivity contribution in [3.05, 3.63) is 18.0 Å². The summed E-state index contributed by atoms with van der Waals surface area (Å²) in [5.74, 6) is 6.37. The Morgan fingerprint density at radius 2 is 2.60 bits per heavy atom. The van der Waals surface area contributed by atoms with E-state index in [1.165, 1.54) is 0 Å². The second-order valence-corrected chi connectivity index (χ2v) is 3.69. The van der Waals surface area contributed by atoms with E-state index in [2.05, 4.69) is 16.9 Å². The minimum absolute atomic E-state index is 0.391. The third-order valence-corrected chi connectivity index (χ3v) is 2.44. The molecule has 4 heteroatoms. The summed E-state index contributed by atoms with van der Waals surface area (Å²) in [5, 5.41) is 4.25. The zero-order valence-corrected chi connectivity index (χ0v) is 8.65. The Hall–Kier alpha value is -1.31. The molecular formula is C11H15N3O. The van der Waals surface area contributed by atoms with Gasteiger partial charge in [-0.25, -0.2) is 0 Å². The summed E-state index contributed by atoms with van der Waals surface area (Å²) in [6.45, 7) is 3.04. The van der Waals surface area contributed by atoms with Crippen LogP contribution in [-0.2, 0) is 11.3 Å². The van der Waals surface area contributed by atoms with E-state index >= 15 is 0 Å². The van der Waals surface area contributed by atoms with Gasteiger partial charge >= 0.3 is 0 Å². The van der Waals surface area contributed by atoms with E-state index in [0.717, 1.165) is 31.7 Å². The van der Waals surface area contributed by atoms with E-state index in [9.17, 15) is 0 Å². The summed E-state index contributed by atoms with van der Waals surface area (Å²) < 4.78 is 7.25. The van der Waals surface area contributed by atoms with E-state index in [4.69, 9.17) is 10.5 Å². The zero-order valence-electron chi connectivity index (χ0n) is 8.65. The highest BCUT2D eigenvalue weighted by Crippen LogP contribution is 2.14. The van der Waals surface area contributed by atoms with Crippen LogP contribution in [-0.4, -0.2) is 29.5 Å². The largest absolute Gasteiger partial charge is 0.381 e. The standard InChI is InChI=1S/C11H15N3O/c12-4-1-2-10-6-13-14(7-10)8-11-3-5-15-9-11/h6-7,11H,3-5,8-9,12H2. The van der Waals surface area contributed by atoms with Crippen molar-refractivity contribution in [2.45, 2.75) is 13.0 Å². The maximum absolute atomic E-state index is 5.32. The summed E-state index contributed by atoms with van der Waals surface area (Å²) >= 11 is 0. The van der Waals surface area contributed by atoms with Crippen LogP contribution in [0.1, 0.15) is 12.0 Å². The number of hydrogen-bond donors (Lipinski definition) is 1. The highest BCUT2D eigenvalue weighted by atomic mass is 16.5. The number of nitrogens with zero attached hydrogens (tertiary/aromatic N) is 2. The fraction of sp³-hybridized carbons (Fsp3) is 0.545. The van der Waals surface area contributed by atoms with Gasteiger partial charge in [-0.05, 0) is 6.42 Å². The van der Waals surface area contributed by atoms with Crippen LogP contribution >= 0.6 is 0 Å². The topological polar surface area (TPSA) is 53.1 Å². The summed E-state index contributed by atoms with van der Waals surface area (Å²) in [5.41, 5.74) is 6.23. The Labute approximate surface area is 89.4 Å². The molecule has 0 spiro atoms. The molecule has 0 bridgehead atoms. The van der Waals surface area contributed by atoms with E-state index < -0.39 is 0 Å². The van der Waals surface area contributed by atoms with E-state index in [-0.39, 0.29) is 0 Å². The van der Waals surface area contributed by atoms with Crippen LogP contribution in [0.15, 0.2) is 12.4 Å². The first-order valence-corrected chi connectivity index (χ1v) is 5.17. The summed E-state index contributed by atoms with van der Waals surface area (Å²) in [7, 11) is 0. The van der Waals surface area contributed by atoms with Crippen molar-refractivity contribution in [2.75, 3.05) is 19.8 Å². The molecule has 1 aromatic heterocycles. The third-order valence-electron chi connectivity index (χ3n) is 2.44. The lowest BCUT2D eigenvalue weighted by Gasteiger charge is -2.06. The van der Waals surface area contributed by atoms with Crippen LogP contribution in [0.25, 0.3) is 0 Å². The summed E-state index contributed by atoms with van der Waals surface area (Å²) in [4.78, 5) is 0. The van der Waals surface area contributed by atoms with Gasteiger partial charge in [0.1, 0.15) is 0 Å². The summed E-state index contributed by atoms with van der Waals surface area (Å²) in [6.07, 6.45) is 4.86. The average Bonchev–Trinajstić information content (AvgIpc) is 2.87. The fourth-order valence-corrected chi connectivity index (χ4v) is 1.67. The van der Waals surface area contributed by atoms with Gasteiger partial charge in [0.25, 0.3) is 0 Å². The van der Waals surface area contributed by atoms with Crippen LogP contribution in [0.5, 0.6) is 0 Å². The maximum atomic E-state index is 5.32. The molecule has 1 aliphatic heterocycles. The first-order valence-electron chi connectivity index (χ1n) is 5.17. The molecule has 0 radical (unpaired) electrons. The van der Waals surface area contributed by atoms with Gasteiger partial charge in [0.2, 0.25) is 0 Å². The molecular weight excluding hydrogens is 190 g/mol. The quantitative estimate of drug-likeness (QED) is 0.703. The molecule has 1 aliphatic rings. The SMILES string of the molecule is NCC#Cc1cnn(CC2CCOC2)c1. The zero-order chi connectivity index (χ0) is 10.5. The average molecular weight is 205 g/mol. The Morgan fingerprint density at radius 3 is 3.33 bits per heavy atom. The van der Waals surface area contributed by atoms with Crippen molar-refractivity contribution >= 4 is 0 Å². The molecule has 0 amide bonds. The second kappa shape index (κ2) is 4.96. The molecule has 1 unspecified atom stereocenters. The lowest BCUT2D eigenvalue weighted by molar-refractivity contribution is 0.181. The Morgan fingerprint density at radius 1 is 1.67 bits per heavy atom. The second-order valence-electron chi connectivity index (χ2n) is 3.69. The number of ether oxygens (including phenoxy) is 1. The van der Waals surface area contributed by atoms with Crippen LogP contribution in [0.3, 0.4) is 0 Å². The van der Waals surface area contributed by atoms with E-state index in [0.29, 0.717) is 12.5 Å². The van der Waals surface area contributed by atoms with Gasteiger partial charge in [-0.3, -0.25) is 4.68 Å². The van der Waals surface area contributed by atoms with Gasteiger partial charge in [0.15, 0.2) is 0 Å². The number of aromatic nitrogens is 2. The van der Waals surface area contributed by atoms with E-state index in [1.54, 1.807) is 6.20 Å². The molecule has 2 N–H and O–H groups in total. The molecule has 2 heterocycles. The van der Waals surface area contributed by atoms with Gasteiger partial charge in [0.05, 0.1) is 24.9 Å². The van der Waals surface area contributed by atoms with Gasteiger partial charge in [0, 0.05) is 25.3 Å². The monoisotopic (exact) mass is 205 g/mol. The Balaban J connectivity index is 1.94. The maximum Gasteiger partial charge on any atom is 0.0646 e. The molecule has 1 aromatic rings. The molecule has 1 fully saturated rings. The van der Waals surface area contributed by atoms with Crippen LogP contribution < -0.4 is 5.73 Å². The van der Waals surface area contributed by atoms with Gasteiger partial charge in [-0.2, -0.15) is 5.10 Å². The van der Waals surface area contributed by atoms with Crippen LogP contribution in [0.4, 0.5) is 0 Å². The fourth-order valence-electron chi connectivity index (χ4n) is 1.67. The molecule has 15 heavy (non-hydrogen) atoms. The van der Waals surface area contributed by atoms with Crippen molar-refractivity contribution in [1.82, 2.24) is 9.78 Å². The minimum Gasteiger partial charge on any atom is -0.381 e. The smallest absolute Gasteiger partial charge is 0.0646 e. The van der Waals surface area contributed by atoms with Gasteiger partial charge in [-0.15, -0.1) is 0 Å². The normalized spacial score (nSPS) is 19.9. The van der Waals surface area contributed by atoms with Crippen LogP contribution in [0, 0.1) is 17.8 Å². The molecule has 0 aliphatic carbocycles. The van der Waals surface area contributed by atoms with Crippen molar-refractivity contribution in [1.29, 1.82) is 0 Å². The van der Waals surface area contributed by atoms with Gasteiger partial charge in [-0.1, -0.05) is 11.8 Å². The number of hydrogen-bond acceptors (Lipinski definition) is 3. The lowest BCUT2D eigenvalue weighted by Crippen LogP contribution is -2.10. The van der Waals surface area contributed by atoms with Crippen LogP contribution in [0.2, 0.25) is 0 Å². The first-order chi connectivity index (χ1) is 7.38. The number of nitrogens with two attached hydrogens (primary N) is 1. The molecule has 1 atom stereocenters. The molecule has 1 saturated heterocycles. The lowest BCUT2D eigenvalue weighted by atomic mass is 10.1. The van der Waals surface area contributed by atoms with Gasteiger partial charge < -0.3 is 10.5 Å². The van der Waals surface area contributed by atoms with Crippen molar-refractivity contribution in [2.24, 2.45) is 11.7 Å². The van der Waals surface area contributed by atoms with Crippen molar-refractivity contribution in [3.8, 4) is 11.8 Å². The third kappa shape index (κ3) is 2.82. The predicted octanol–water partition coefficient (Wildman–Crippen LogP) is 0.230. The highest BCUT2D eigenvalue weighted by molar-refractivity contribution is 5.29. The molecule has 0 aromatic carbocycles. The summed E-state index contributed by atoms with van der Waals surface area (Å²) in [6, 6.07) is 0. The minimum atomic E-state index is 0.391. The van der Waals surface area contributed by atoms with Crippen molar-refractivity contribution in [3.63, 3.8) is 0 Å². The highest BCUT2D eigenvalue weighted by Gasteiger charge is 2.16. The first kappa shape index (κ1) is 10.2. The predicted molar refractivity (Wildman–Crippen MR) is 57.1 cm³/mol. The molecule has 0 saturated carbocycles. The molecule has 2 rings (SSSR count).